The number of likely N-dealkylation sites (N-methyl/N-ethyl adjacent to an activating group) is 1. The van der Waals surface area contributed by atoms with Crippen LogP contribution in [0.1, 0.15) is 103 Å². The Bertz CT molecular complexity index is 1820. The van der Waals surface area contributed by atoms with Crippen LogP contribution in [0.2, 0.25) is 0 Å². The molecule has 0 bridgehead atoms. The second-order valence-corrected chi connectivity index (χ2v) is 14.5. The molecule has 1 aliphatic heterocycles. The number of ether oxygens (including phenoxy) is 6. The first kappa shape index (κ1) is 67.5. The van der Waals surface area contributed by atoms with Gasteiger partial charge in [0.1, 0.15) is 19.3 Å². The maximum Gasteiger partial charge on any atom is 0.333 e. The Labute approximate surface area is 405 Å². The number of hydrogen-bond acceptors (Lipinski definition) is 16. The number of benzene rings is 1. The fourth-order valence-corrected chi connectivity index (χ4v) is 4.69. The van der Waals surface area contributed by atoms with Gasteiger partial charge in [-0.25, -0.2) is 24.0 Å². The second-order valence-electron chi connectivity index (χ2n) is 14.5. The fourth-order valence-electron chi connectivity index (χ4n) is 4.69. The number of rotatable bonds is 24. The van der Waals surface area contributed by atoms with Gasteiger partial charge in [-0.15, -0.1) is 0 Å². The molecule has 0 radical (unpaired) electrons. The van der Waals surface area contributed by atoms with E-state index in [9.17, 15) is 24.0 Å². The van der Waals surface area contributed by atoms with Crippen molar-refractivity contribution < 1.29 is 52.4 Å². The minimum atomic E-state index is -0.563. The zero-order chi connectivity index (χ0) is 52.4. The number of carbonyl (C=O) groups excluding carboxylic acids is 5. The summed E-state index contributed by atoms with van der Waals surface area (Å²) in [4.78, 5) is 54.9. The molecule has 0 N–H and O–H groups in total. The van der Waals surface area contributed by atoms with E-state index in [0.29, 0.717) is 50.4 Å². The van der Waals surface area contributed by atoms with Crippen molar-refractivity contribution in [3.8, 4) is 24.3 Å². The van der Waals surface area contributed by atoms with Crippen LogP contribution in [0.25, 0.3) is 6.08 Å². The molecular formula is C52H73N5O11. The topological polar surface area (TPSA) is 239 Å². The molecule has 1 aliphatic rings. The van der Waals surface area contributed by atoms with E-state index in [1.807, 2.05) is 37.2 Å². The summed E-state index contributed by atoms with van der Waals surface area (Å²) in [5.74, 6) is -2.01. The van der Waals surface area contributed by atoms with Crippen molar-refractivity contribution in [2.75, 3.05) is 60.3 Å². The monoisotopic (exact) mass is 944 g/mol. The van der Waals surface area contributed by atoms with Gasteiger partial charge in [-0.3, -0.25) is 0 Å². The van der Waals surface area contributed by atoms with Gasteiger partial charge < -0.3 is 33.3 Å². The molecule has 0 aromatic heterocycles. The van der Waals surface area contributed by atoms with Gasteiger partial charge in [0.15, 0.2) is 6.61 Å². The summed E-state index contributed by atoms with van der Waals surface area (Å²) in [6.07, 6.45) is 16.0. The van der Waals surface area contributed by atoms with Crippen molar-refractivity contribution in [3.63, 3.8) is 0 Å². The lowest BCUT2D eigenvalue weighted by molar-refractivity contribution is -0.143. The van der Waals surface area contributed by atoms with E-state index in [1.165, 1.54) is 0 Å². The fraction of sp³-hybridized carbons (Fsp3) is 0.481. The van der Waals surface area contributed by atoms with Crippen molar-refractivity contribution in [2.24, 2.45) is 5.41 Å². The Morgan fingerprint density at radius 2 is 1.26 bits per heavy atom. The molecule has 0 amide bonds. The molecule has 2 rings (SSSR count). The SMILES string of the molecule is C=C(C)C(=O)OCC(CC)(CC)CCC#N.C=CC(=O)OCC#N.C=CC(=O)OCC1CCCO1.C=CC(=O)OCCCCCCC#N.C=CC(=O)OCCN(C)C.C=Cc1ccc(C#N)cc1. The summed E-state index contributed by atoms with van der Waals surface area (Å²) >= 11 is 0. The number of hydrogen-bond donors (Lipinski definition) is 0. The number of esters is 5. The molecule has 0 spiro atoms. The summed E-state index contributed by atoms with van der Waals surface area (Å²) < 4.78 is 28.9. The first-order valence-electron chi connectivity index (χ1n) is 22.0. The van der Waals surface area contributed by atoms with Gasteiger partial charge in [-0.05, 0) is 83.7 Å². The molecule has 68 heavy (non-hydrogen) atoms. The highest BCUT2D eigenvalue weighted by Crippen LogP contribution is 2.32. The molecule has 1 heterocycles. The van der Waals surface area contributed by atoms with E-state index in [-0.39, 0.29) is 42.0 Å². The van der Waals surface area contributed by atoms with Gasteiger partial charge in [0.2, 0.25) is 0 Å². The summed E-state index contributed by atoms with van der Waals surface area (Å²) in [6.45, 7) is 28.9. The molecule has 1 saturated heterocycles. The molecule has 0 aliphatic carbocycles. The average molecular weight is 944 g/mol. The molecule has 1 unspecified atom stereocenters. The molecule has 1 aromatic rings. The van der Waals surface area contributed by atoms with Crippen LogP contribution in [0.15, 0.2) is 93.6 Å². The van der Waals surface area contributed by atoms with E-state index in [4.69, 9.17) is 44.7 Å². The summed E-state index contributed by atoms with van der Waals surface area (Å²) in [7, 11) is 3.84. The van der Waals surface area contributed by atoms with Gasteiger partial charge in [-0.1, -0.05) is 84.4 Å². The van der Waals surface area contributed by atoms with Gasteiger partial charge >= 0.3 is 29.8 Å². The number of nitriles is 4. The predicted molar refractivity (Wildman–Crippen MR) is 261 cm³/mol. The number of nitrogens with zero attached hydrogens (tertiary/aromatic N) is 5. The van der Waals surface area contributed by atoms with Crippen molar-refractivity contribution in [1.82, 2.24) is 4.90 Å². The predicted octanol–water partition coefficient (Wildman–Crippen LogP) is 9.02. The Kier molecular flexibility index (Phi) is 47.5. The molecule has 372 valence electrons. The lowest BCUT2D eigenvalue weighted by atomic mass is 9.79. The van der Waals surface area contributed by atoms with E-state index in [0.717, 1.165) is 101 Å². The number of unbranched alkanes of at least 4 members (excludes halogenated alkanes) is 4. The first-order chi connectivity index (χ1) is 32.5. The first-order valence-corrected chi connectivity index (χ1v) is 22.0. The van der Waals surface area contributed by atoms with Crippen LogP contribution in [-0.2, 0) is 52.4 Å². The molecule has 1 fully saturated rings. The van der Waals surface area contributed by atoms with Crippen LogP contribution in [0, 0.1) is 50.7 Å². The highest BCUT2D eigenvalue weighted by Gasteiger charge is 2.27. The summed E-state index contributed by atoms with van der Waals surface area (Å²) in [6, 6.07) is 15.2. The third kappa shape index (κ3) is 44.1. The summed E-state index contributed by atoms with van der Waals surface area (Å²) in [5, 5.41) is 33.1. The van der Waals surface area contributed by atoms with Crippen LogP contribution in [-0.4, -0.2) is 101 Å². The number of carbonyl (C=O) groups is 5. The lowest BCUT2D eigenvalue weighted by Crippen LogP contribution is -2.27. The Morgan fingerprint density at radius 3 is 1.71 bits per heavy atom. The van der Waals surface area contributed by atoms with E-state index < -0.39 is 5.97 Å². The minimum absolute atomic E-state index is 0.0547. The smallest absolute Gasteiger partial charge is 0.333 e. The van der Waals surface area contributed by atoms with Gasteiger partial charge in [-0.2, -0.15) is 21.0 Å². The third-order valence-corrected chi connectivity index (χ3v) is 8.99. The molecule has 1 aromatic carbocycles. The van der Waals surface area contributed by atoms with Crippen molar-refractivity contribution >= 4 is 35.9 Å². The Balaban J connectivity index is -0.000000366. The van der Waals surface area contributed by atoms with E-state index in [2.05, 4.69) is 70.2 Å². The molecule has 16 heteroatoms. The molecule has 1 atom stereocenters. The molecular weight excluding hydrogens is 871 g/mol. The van der Waals surface area contributed by atoms with Gasteiger partial charge in [0.25, 0.3) is 0 Å². The van der Waals surface area contributed by atoms with Crippen molar-refractivity contribution in [1.29, 1.82) is 21.0 Å². The quantitative estimate of drug-likeness (QED) is 0.0406. The van der Waals surface area contributed by atoms with Crippen molar-refractivity contribution in [2.45, 2.75) is 97.5 Å². The highest BCUT2D eigenvalue weighted by molar-refractivity contribution is 5.87. The largest absolute Gasteiger partial charge is 0.463 e. The van der Waals surface area contributed by atoms with Gasteiger partial charge in [0, 0.05) is 61.3 Å². The van der Waals surface area contributed by atoms with Crippen LogP contribution in [0.5, 0.6) is 0 Å². The zero-order valence-corrected chi connectivity index (χ0v) is 41.0. The third-order valence-electron chi connectivity index (χ3n) is 8.99. The maximum absolute atomic E-state index is 11.3. The normalized spacial score (nSPS) is 11.4. The molecule has 0 saturated carbocycles. The van der Waals surface area contributed by atoms with Crippen LogP contribution in [0.4, 0.5) is 0 Å². The van der Waals surface area contributed by atoms with Crippen molar-refractivity contribution in [3.05, 3.63) is 105 Å². The maximum atomic E-state index is 11.3. The standard InChI is InChI=1S/C13H21NO2.C10H15NO2.C9H7N.C8H12O3.C7H13NO2.C5H5NO2/c1-5-13(6-2,8-7-9-14)10-16-12(15)11(3)4;1-2-10(12)13-9-7-5-3-4-6-8-11;1-2-8-3-5-9(7-10)6-4-8;1-2-8(9)11-6-7-4-3-5-10-7;1-4-7(9)10-6-5-8(2)3;1-2-5(7)8-4-3-6/h3,5-8,10H2,1-2,4H3;2H,1,3-7,9H2;2-6H,1H2;2,7H,1,3-6H2;4H,1,5-6H2,2-3H3;2H,1,4H2. The Hall–Kier alpha value is -7.11. The van der Waals surface area contributed by atoms with E-state index >= 15 is 0 Å². The minimum Gasteiger partial charge on any atom is -0.463 e. The highest BCUT2D eigenvalue weighted by atomic mass is 16.6. The van der Waals surface area contributed by atoms with E-state index in [1.54, 1.807) is 31.2 Å². The van der Waals surface area contributed by atoms with Crippen LogP contribution in [0.3, 0.4) is 0 Å². The summed E-state index contributed by atoms with van der Waals surface area (Å²) in [5.41, 5.74) is 2.09. The molecule has 16 nitrogen and oxygen atoms in total. The second kappa shape index (κ2) is 47.8. The average Bonchev–Trinajstić information content (AvgIpc) is 3.89. The lowest BCUT2D eigenvalue weighted by Gasteiger charge is -2.30. The van der Waals surface area contributed by atoms with Crippen LogP contribution >= 0.6 is 0 Å². The van der Waals surface area contributed by atoms with Crippen LogP contribution < -0.4 is 0 Å². The Morgan fingerprint density at radius 1 is 0.735 bits per heavy atom. The zero-order valence-electron chi connectivity index (χ0n) is 41.0. The van der Waals surface area contributed by atoms with Gasteiger partial charge in [0.05, 0.1) is 43.1 Å².